The number of halogens is 2. The highest BCUT2D eigenvalue weighted by Crippen LogP contribution is 2.19. The van der Waals surface area contributed by atoms with E-state index in [1.807, 2.05) is 0 Å². The van der Waals surface area contributed by atoms with Gasteiger partial charge in [0.1, 0.15) is 6.04 Å². The number of nitrogens with zero attached hydrogens (tertiary/aromatic N) is 1. The van der Waals surface area contributed by atoms with Crippen molar-refractivity contribution in [1.82, 2.24) is 10.2 Å². The van der Waals surface area contributed by atoms with Gasteiger partial charge in [0.15, 0.2) is 0 Å². The molecule has 0 aliphatic heterocycles. The molecule has 98 valence electrons. The molecule has 0 saturated carbocycles. The monoisotopic (exact) mass is 332 g/mol. The van der Waals surface area contributed by atoms with Crippen LogP contribution in [0.25, 0.3) is 0 Å². The number of benzene rings is 1. The molecule has 0 aliphatic rings. The molecule has 2 amide bonds. The number of nitrogens with one attached hydrogen (secondary N) is 1. The van der Waals surface area contributed by atoms with Crippen LogP contribution in [0, 0.1) is 0 Å². The highest BCUT2D eigenvalue weighted by Gasteiger charge is 2.18. The zero-order valence-electron chi connectivity index (χ0n) is 10.3. The zero-order valence-corrected chi connectivity index (χ0v) is 12.7. The summed E-state index contributed by atoms with van der Waals surface area (Å²) in [5.74, 6) is -0.495. The average Bonchev–Trinajstić information content (AvgIpc) is 2.26. The molecule has 0 heterocycles. The van der Waals surface area contributed by atoms with Gasteiger partial charge in [-0.15, -0.1) is 0 Å². The maximum Gasteiger partial charge on any atom is 0.252 e. The molecule has 0 aromatic heterocycles. The molecular weight excluding hydrogens is 320 g/mol. The largest absolute Gasteiger partial charge is 0.347 e. The third-order valence-electron chi connectivity index (χ3n) is 2.28. The van der Waals surface area contributed by atoms with E-state index in [4.69, 9.17) is 11.6 Å². The summed E-state index contributed by atoms with van der Waals surface area (Å²) in [4.78, 5) is 25.0. The third-order valence-corrected chi connectivity index (χ3v) is 2.96. The minimum atomic E-state index is -0.578. The minimum absolute atomic E-state index is 0.163. The third kappa shape index (κ3) is 3.99. The van der Waals surface area contributed by atoms with Crippen LogP contribution in [0.15, 0.2) is 22.7 Å². The smallest absolute Gasteiger partial charge is 0.252 e. The Kier molecular flexibility index (Phi) is 5.16. The summed E-state index contributed by atoms with van der Waals surface area (Å²) in [6, 6.07) is 4.31. The molecule has 6 heteroatoms. The van der Waals surface area contributed by atoms with Gasteiger partial charge in [0.05, 0.1) is 0 Å². The lowest BCUT2D eigenvalue weighted by Crippen LogP contribution is -2.44. The van der Waals surface area contributed by atoms with Crippen molar-refractivity contribution in [3.8, 4) is 0 Å². The van der Waals surface area contributed by atoms with Gasteiger partial charge in [-0.05, 0) is 25.1 Å². The zero-order chi connectivity index (χ0) is 13.9. The van der Waals surface area contributed by atoms with Gasteiger partial charge >= 0.3 is 0 Å². The highest BCUT2D eigenvalue weighted by molar-refractivity contribution is 9.10. The molecule has 1 atom stereocenters. The Morgan fingerprint density at radius 1 is 1.33 bits per heavy atom. The van der Waals surface area contributed by atoms with Crippen molar-refractivity contribution in [3.63, 3.8) is 0 Å². The van der Waals surface area contributed by atoms with E-state index < -0.39 is 6.04 Å². The van der Waals surface area contributed by atoms with E-state index in [-0.39, 0.29) is 11.8 Å². The average molecular weight is 334 g/mol. The predicted molar refractivity (Wildman–Crippen MR) is 74.8 cm³/mol. The number of amides is 2. The number of hydrogen-bond donors (Lipinski definition) is 1. The fourth-order valence-electron chi connectivity index (χ4n) is 1.41. The Morgan fingerprint density at radius 2 is 1.94 bits per heavy atom. The molecule has 1 aromatic carbocycles. The van der Waals surface area contributed by atoms with Crippen LogP contribution in [-0.4, -0.2) is 36.9 Å². The minimum Gasteiger partial charge on any atom is -0.347 e. The molecule has 1 N–H and O–H groups in total. The Hall–Kier alpha value is -1.07. The van der Waals surface area contributed by atoms with Crippen molar-refractivity contribution in [2.45, 2.75) is 13.0 Å². The van der Waals surface area contributed by atoms with Gasteiger partial charge in [-0.2, -0.15) is 0 Å². The van der Waals surface area contributed by atoms with Crippen LogP contribution in [0.1, 0.15) is 17.3 Å². The molecule has 4 nitrogen and oxygen atoms in total. The summed E-state index contributed by atoms with van der Waals surface area (Å²) in [5, 5.41) is 3.08. The molecule has 1 rings (SSSR count). The van der Waals surface area contributed by atoms with Crippen molar-refractivity contribution in [3.05, 3.63) is 33.3 Å². The van der Waals surface area contributed by atoms with Gasteiger partial charge in [0, 0.05) is 29.2 Å². The van der Waals surface area contributed by atoms with Crippen LogP contribution in [0.3, 0.4) is 0 Å². The first-order valence-corrected chi connectivity index (χ1v) is 6.46. The quantitative estimate of drug-likeness (QED) is 0.923. The number of rotatable bonds is 3. The van der Waals surface area contributed by atoms with Crippen LogP contribution in [0.2, 0.25) is 5.02 Å². The molecule has 1 unspecified atom stereocenters. The summed E-state index contributed by atoms with van der Waals surface area (Å²) >= 11 is 9.12. The van der Waals surface area contributed by atoms with E-state index in [0.717, 1.165) is 0 Å². The standard InChI is InChI=1S/C12H14BrClN2O2/c1-7(12(18)16(2)3)15-11(17)8-4-9(13)6-10(14)5-8/h4-7H,1-3H3,(H,15,17). The Balaban J connectivity index is 2.79. The Labute approximate surface area is 119 Å². The summed E-state index contributed by atoms with van der Waals surface area (Å²) in [5.41, 5.74) is 0.410. The van der Waals surface area contributed by atoms with E-state index in [9.17, 15) is 9.59 Å². The first-order valence-electron chi connectivity index (χ1n) is 5.29. The fourth-order valence-corrected chi connectivity index (χ4v) is 2.27. The summed E-state index contributed by atoms with van der Waals surface area (Å²) in [7, 11) is 3.28. The van der Waals surface area contributed by atoms with Crippen LogP contribution >= 0.6 is 27.5 Å². The summed E-state index contributed by atoms with van der Waals surface area (Å²) in [6.07, 6.45) is 0. The normalized spacial score (nSPS) is 11.8. The highest BCUT2D eigenvalue weighted by atomic mass is 79.9. The number of likely N-dealkylation sites (N-methyl/N-ethyl adjacent to an activating group) is 1. The lowest BCUT2D eigenvalue weighted by Gasteiger charge is -2.18. The van der Waals surface area contributed by atoms with Crippen LogP contribution in [-0.2, 0) is 4.79 Å². The van der Waals surface area contributed by atoms with Gasteiger partial charge in [-0.1, -0.05) is 27.5 Å². The van der Waals surface area contributed by atoms with Gasteiger partial charge < -0.3 is 10.2 Å². The van der Waals surface area contributed by atoms with E-state index in [2.05, 4.69) is 21.2 Å². The maximum atomic E-state index is 11.9. The molecule has 18 heavy (non-hydrogen) atoms. The first-order chi connectivity index (χ1) is 8.31. The maximum absolute atomic E-state index is 11.9. The Bertz CT molecular complexity index is 457. The van der Waals surface area contributed by atoms with Crippen LogP contribution < -0.4 is 5.32 Å². The molecule has 0 aliphatic carbocycles. The molecule has 1 aromatic rings. The van der Waals surface area contributed by atoms with E-state index in [1.54, 1.807) is 39.2 Å². The molecule has 0 saturated heterocycles. The topological polar surface area (TPSA) is 49.4 Å². The van der Waals surface area contributed by atoms with Crippen molar-refractivity contribution in [1.29, 1.82) is 0 Å². The van der Waals surface area contributed by atoms with Crippen LogP contribution in [0.5, 0.6) is 0 Å². The van der Waals surface area contributed by atoms with Crippen LogP contribution in [0.4, 0.5) is 0 Å². The van der Waals surface area contributed by atoms with Crippen molar-refractivity contribution in [2.24, 2.45) is 0 Å². The van der Waals surface area contributed by atoms with Crippen molar-refractivity contribution >= 4 is 39.3 Å². The lowest BCUT2D eigenvalue weighted by atomic mass is 10.2. The summed E-state index contributed by atoms with van der Waals surface area (Å²) < 4.78 is 0.715. The number of carbonyl (C=O) groups excluding carboxylic acids is 2. The first kappa shape index (κ1) is 15.0. The second kappa shape index (κ2) is 6.20. The second-order valence-corrected chi connectivity index (χ2v) is 5.44. The van der Waals surface area contributed by atoms with Gasteiger partial charge in [-0.3, -0.25) is 9.59 Å². The number of hydrogen-bond acceptors (Lipinski definition) is 2. The summed E-state index contributed by atoms with van der Waals surface area (Å²) in [6.45, 7) is 1.64. The van der Waals surface area contributed by atoms with Crippen molar-refractivity contribution in [2.75, 3.05) is 14.1 Å². The van der Waals surface area contributed by atoms with Crippen molar-refractivity contribution < 1.29 is 9.59 Å². The van der Waals surface area contributed by atoms with Gasteiger partial charge in [0.2, 0.25) is 5.91 Å². The van der Waals surface area contributed by atoms with E-state index in [0.29, 0.717) is 15.1 Å². The number of carbonyl (C=O) groups is 2. The molecule has 0 spiro atoms. The molecule has 0 radical (unpaired) electrons. The SMILES string of the molecule is CC(NC(=O)c1cc(Cl)cc(Br)c1)C(=O)N(C)C. The van der Waals surface area contributed by atoms with E-state index >= 15 is 0 Å². The lowest BCUT2D eigenvalue weighted by molar-refractivity contribution is -0.130. The molecule has 0 fully saturated rings. The molecule has 0 bridgehead atoms. The molecular formula is C12H14BrClN2O2. The van der Waals surface area contributed by atoms with Gasteiger partial charge in [-0.25, -0.2) is 0 Å². The predicted octanol–water partition coefficient (Wildman–Crippen LogP) is 2.31. The van der Waals surface area contributed by atoms with Gasteiger partial charge in [0.25, 0.3) is 5.91 Å². The fraction of sp³-hybridized carbons (Fsp3) is 0.333. The second-order valence-electron chi connectivity index (χ2n) is 4.09. The Morgan fingerprint density at radius 3 is 2.44 bits per heavy atom. The van der Waals surface area contributed by atoms with E-state index in [1.165, 1.54) is 4.90 Å².